The number of oxime groups is 1. The van der Waals surface area contributed by atoms with Gasteiger partial charge in [-0.25, -0.2) is 0 Å². The highest BCUT2D eigenvalue weighted by Gasteiger charge is 2.17. The number of hydrogen-bond donors (Lipinski definition) is 3. The molecular formula is C10H12BrN3O2. The van der Waals surface area contributed by atoms with Gasteiger partial charge in [-0.15, -0.1) is 0 Å². The molecule has 0 aliphatic rings. The van der Waals surface area contributed by atoms with Gasteiger partial charge in [-0.3, -0.25) is 4.79 Å². The molecule has 4 N–H and O–H groups in total. The number of nitrogens with one attached hydrogen (secondary N) is 1. The minimum absolute atomic E-state index is 0.116. The minimum Gasteiger partial charge on any atom is -0.409 e. The molecule has 1 atom stereocenters. The second-order valence-corrected chi connectivity index (χ2v) is 4.16. The van der Waals surface area contributed by atoms with Crippen molar-refractivity contribution in [1.82, 2.24) is 0 Å². The standard InChI is InChI=1S/C10H12BrN3O2/c1-6(9(12)14-16)10(15)13-8-4-2-7(11)3-5-8/h2-6,16H,1H3,(H2,12,14)(H,13,15). The van der Waals surface area contributed by atoms with E-state index in [2.05, 4.69) is 26.4 Å². The predicted octanol–water partition coefficient (Wildman–Crippen LogP) is 1.77. The van der Waals surface area contributed by atoms with Crippen LogP contribution in [0.25, 0.3) is 0 Å². The van der Waals surface area contributed by atoms with E-state index < -0.39 is 5.92 Å². The van der Waals surface area contributed by atoms with Crippen LogP contribution in [0.15, 0.2) is 33.9 Å². The summed E-state index contributed by atoms with van der Waals surface area (Å²) in [6, 6.07) is 7.12. The van der Waals surface area contributed by atoms with Gasteiger partial charge in [0.25, 0.3) is 0 Å². The average Bonchev–Trinajstić information content (AvgIpc) is 2.30. The lowest BCUT2D eigenvalue weighted by molar-refractivity contribution is -0.117. The number of nitrogens with two attached hydrogens (primary N) is 1. The maximum atomic E-state index is 11.6. The van der Waals surface area contributed by atoms with Crippen LogP contribution in [-0.2, 0) is 4.79 Å². The van der Waals surface area contributed by atoms with E-state index in [0.29, 0.717) is 5.69 Å². The van der Waals surface area contributed by atoms with Gasteiger partial charge in [-0.05, 0) is 31.2 Å². The Morgan fingerprint density at radius 1 is 1.50 bits per heavy atom. The van der Waals surface area contributed by atoms with Gasteiger partial charge in [-0.2, -0.15) is 0 Å². The summed E-state index contributed by atoms with van der Waals surface area (Å²) in [5, 5.41) is 13.9. The van der Waals surface area contributed by atoms with E-state index >= 15 is 0 Å². The van der Waals surface area contributed by atoms with Gasteiger partial charge in [0.05, 0.1) is 5.92 Å². The van der Waals surface area contributed by atoms with Gasteiger partial charge >= 0.3 is 0 Å². The van der Waals surface area contributed by atoms with Gasteiger partial charge in [-0.1, -0.05) is 21.1 Å². The Balaban J connectivity index is 2.68. The van der Waals surface area contributed by atoms with E-state index in [1.54, 1.807) is 19.1 Å². The fourth-order valence-corrected chi connectivity index (χ4v) is 1.27. The monoisotopic (exact) mass is 285 g/mol. The Bertz CT molecular complexity index is 403. The molecule has 0 saturated heterocycles. The first kappa shape index (κ1) is 12.5. The molecular weight excluding hydrogens is 274 g/mol. The topological polar surface area (TPSA) is 87.7 Å². The molecule has 1 amide bonds. The van der Waals surface area contributed by atoms with Gasteiger partial charge in [0, 0.05) is 10.2 Å². The van der Waals surface area contributed by atoms with E-state index in [1.807, 2.05) is 12.1 Å². The summed E-state index contributed by atoms with van der Waals surface area (Å²) in [5.74, 6) is -1.11. The minimum atomic E-state index is -0.673. The molecule has 16 heavy (non-hydrogen) atoms. The zero-order valence-electron chi connectivity index (χ0n) is 8.64. The number of anilines is 1. The zero-order chi connectivity index (χ0) is 12.1. The van der Waals surface area contributed by atoms with Gasteiger partial charge in [0.15, 0.2) is 5.84 Å². The summed E-state index contributed by atoms with van der Waals surface area (Å²) < 4.78 is 0.926. The first-order chi connectivity index (χ1) is 7.54. The Morgan fingerprint density at radius 3 is 2.56 bits per heavy atom. The number of carbonyl (C=O) groups is 1. The molecule has 0 aliphatic heterocycles. The lowest BCUT2D eigenvalue weighted by Crippen LogP contribution is -2.32. The number of nitrogens with zero attached hydrogens (tertiary/aromatic N) is 1. The van der Waals surface area contributed by atoms with E-state index in [9.17, 15) is 4.79 Å². The van der Waals surface area contributed by atoms with E-state index in [0.717, 1.165) is 4.47 Å². The van der Waals surface area contributed by atoms with Gasteiger partial charge in [0.2, 0.25) is 5.91 Å². The number of rotatable bonds is 3. The maximum Gasteiger partial charge on any atom is 0.234 e. The number of halogens is 1. The van der Waals surface area contributed by atoms with Crippen molar-refractivity contribution in [2.45, 2.75) is 6.92 Å². The van der Waals surface area contributed by atoms with E-state index in [1.165, 1.54) is 0 Å². The molecule has 0 bridgehead atoms. The van der Waals surface area contributed by atoms with Crippen LogP contribution in [0.1, 0.15) is 6.92 Å². The van der Waals surface area contributed by atoms with Crippen LogP contribution in [0.5, 0.6) is 0 Å². The Hall–Kier alpha value is -1.56. The Morgan fingerprint density at radius 2 is 2.06 bits per heavy atom. The normalized spacial score (nSPS) is 13.2. The quantitative estimate of drug-likeness (QED) is 0.342. The van der Waals surface area contributed by atoms with Gasteiger partial charge < -0.3 is 16.3 Å². The molecule has 0 heterocycles. The average molecular weight is 286 g/mol. The zero-order valence-corrected chi connectivity index (χ0v) is 10.2. The van der Waals surface area contributed by atoms with Crippen molar-refractivity contribution in [3.63, 3.8) is 0 Å². The third kappa shape index (κ3) is 3.23. The molecule has 0 fully saturated rings. The highest BCUT2D eigenvalue weighted by Crippen LogP contribution is 2.14. The highest BCUT2D eigenvalue weighted by molar-refractivity contribution is 9.10. The second-order valence-electron chi connectivity index (χ2n) is 3.24. The number of amides is 1. The maximum absolute atomic E-state index is 11.6. The summed E-state index contributed by atoms with van der Waals surface area (Å²) >= 11 is 3.29. The van der Waals surface area contributed by atoms with Crippen molar-refractivity contribution < 1.29 is 10.0 Å². The molecule has 1 rings (SSSR count). The molecule has 5 nitrogen and oxygen atoms in total. The fourth-order valence-electron chi connectivity index (χ4n) is 1.00. The molecule has 6 heteroatoms. The van der Waals surface area contributed by atoms with Crippen LogP contribution in [0.3, 0.4) is 0 Å². The summed E-state index contributed by atoms with van der Waals surface area (Å²) in [4.78, 5) is 11.6. The molecule has 1 aromatic carbocycles. The lowest BCUT2D eigenvalue weighted by Gasteiger charge is -2.10. The number of amidine groups is 1. The van der Waals surface area contributed by atoms with Crippen LogP contribution in [-0.4, -0.2) is 17.0 Å². The summed E-state index contributed by atoms with van der Waals surface area (Å²) in [7, 11) is 0. The van der Waals surface area contributed by atoms with Crippen LogP contribution >= 0.6 is 15.9 Å². The molecule has 0 aliphatic carbocycles. The molecule has 1 aromatic rings. The van der Waals surface area contributed by atoms with E-state index in [-0.39, 0.29) is 11.7 Å². The molecule has 1 unspecified atom stereocenters. The SMILES string of the molecule is CC(C(=O)Nc1ccc(Br)cc1)C(N)=NO. The first-order valence-corrected chi connectivity index (χ1v) is 5.37. The molecule has 0 aromatic heterocycles. The molecule has 0 saturated carbocycles. The summed E-state index contributed by atoms with van der Waals surface area (Å²) in [5.41, 5.74) is 5.98. The third-order valence-electron chi connectivity index (χ3n) is 2.06. The molecule has 86 valence electrons. The van der Waals surface area contributed by atoms with Crippen LogP contribution < -0.4 is 11.1 Å². The lowest BCUT2D eigenvalue weighted by atomic mass is 10.1. The van der Waals surface area contributed by atoms with Crippen molar-refractivity contribution in [2.24, 2.45) is 16.8 Å². The number of carbonyl (C=O) groups excluding carboxylic acids is 1. The fraction of sp³-hybridized carbons (Fsp3) is 0.200. The van der Waals surface area contributed by atoms with Crippen LogP contribution in [0.2, 0.25) is 0 Å². The van der Waals surface area contributed by atoms with Gasteiger partial charge in [0.1, 0.15) is 0 Å². The predicted molar refractivity (Wildman–Crippen MR) is 65.3 cm³/mol. The Labute approximate surface area is 101 Å². The number of benzene rings is 1. The van der Waals surface area contributed by atoms with Crippen molar-refractivity contribution in [2.75, 3.05) is 5.32 Å². The van der Waals surface area contributed by atoms with Crippen molar-refractivity contribution in [1.29, 1.82) is 0 Å². The largest absolute Gasteiger partial charge is 0.409 e. The third-order valence-corrected chi connectivity index (χ3v) is 2.59. The second kappa shape index (κ2) is 5.50. The Kier molecular flexibility index (Phi) is 4.30. The number of hydrogen-bond acceptors (Lipinski definition) is 3. The van der Waals surface area contributed by atoms with E-state index in [4.69, 9.17) is 10.9 Å². The van der Waals surface area contributed by atoms with Crippen LogP contribution in [0, 0.1) is 5.92 Å². The molecule has 0 spiro atoms. The van der Waals surface area contributed by atoms with Crippen molar-refractivity contribution in [3.05, 3.63) is 28.7 Å². The van der Waals surface area contributed by atoms with Crippen molar-refractivity contribution >= 4 is 33.4 Å². The smallest absolute Gasteiger partial charge is 0.234 e. The van der Waals surface area contributed by atoms with Crippen molar-refractivity contribution in [3.8, 4) is 0 Å². The summed E-state index contributed by atoms with van der Waals surface area (Å²) in [6.45, 7) is 1.56. The summed E-state index contributed by atoms with van der Waals surface area (Å²) in [6.07, 6.45) is 0. The van der Waals surface area contributed by atoms with Crippen LogP contribution in [0.4, 0.5) is 5.69 Å². The molecule has 0 radical (unpaired) electrons. The highest BCUT2D eigenvalue weighted by atomic mass is 79.9. The first-order valence-electron chi connectivity index (χ1n) is 4.58.